The Morgan fingerprint density at radius 3 is 2.24 bits per heavy atom. The van der Waals surface area contributed by atoms with Crippen LogP contribution in [0.5, 0.6) is 5.75 Å². The van der Waals surface area contributed by atoms with Crippen LogP contribution in [-0.4, -0.2) is 26.4 Å². The van der Waals surface area contributed by atoms with Gasteiger partial charge in [0.15, 0.2) is 6.79 Å². The molecule has 5 heteroatoms. The van der Waals surface area contributed by atoms with E-state index in [1.54, 1.807) is 7.11 Å². The second-order valence-corrected chi connectivity index (χ2v) is 7.51. The Kier molecular flexibility index (Phi) is 12.5. The summed E-state index contributed by atoms with van der Waals surface area (Å²) in [6.45, 7) is 6.98. The molecule has 0 saturated carbocycles. The summed E-state index contributed by atoms with van der Waals surface area (Å²) in [5.41, 5.74) is 1.80. The minimum atomic E-state index is -0.290. The van der Waals surface area contributed by atoms with Gasteiger partial charge in [-0.05, 0) is 35.6 Å². The average molecular weight is 401 g/mol. The number of allylic oxidation sites excluding steroid dienone is 1. The second kappa shape index (κ2) is 14.6. The molecule has 160 valence electrons. The van der Waals surface area contributed by atoms with Crippen molar-refractivity contribution in [3.05, 3.63) is 35.4 Å². The van der Waals surface area contributed by atoms with Gasteiger partial charge in [0.25, 0.3) is 5.91 Å². The van der Waals surface area contributed by atoms with Crippen molar-refractivity contribution >= 4 is 11.5 Å². The third-order valence-corrected chi connectivity index (χ3v) is 4.76. The van der Waals surface area contributed by atoms with E-state index in [9.17, 15) is 10.1 Å². The van der Waals surface area contributed by atoms with Crippen molar-refractivity contribution < 1.29 is 14.3 Å². The number of nitrogens with one attached hydrogen (secondary N) is 1. The fraction of sp³-hybridized carbons (Fsp3) is 0.583. The number of methoxy groups -OCH3 is 1. The zero-order chi connectivity index (χ0) is 21.5. The smallest absolute Gasteiger partial charge is 0.262 e. The van der Waals surface area contributed by atoms with E-state index in [0.717, 1.165) is 24.0 Å². The van der Waals surface area contributed by atoms with Gasteiger partial charge in [-0.25, -0.2) is 0 Å². The molecule has 0 radical (unpaired) electrons. The van der Waals surface area contributed by atoms with Crippen LogP contribution in [0.2, 0.25) is 0 Å². The molecule has 29 heavy (non-hydrogen) atoms. The van der Waals surface area contributed by atoms with Crippen LogP contribution < -0.4 is 10.1 Å². The van der Waals surface area contributed by atoms with E-state index in [-0.39, 0.29) is 24.2 Å². The highest BCUT2D eigenvalue weighted by atomic mass is 16.7. The van der Waals surface area contributed by atoms with Crippen molar-refractivity contribution in [3.63, 3.8) is 0 Å². The van der Waals surface area contributed by atoms with Crippen molar-refractivity contribution in [2.24, 2.45) is 5.92 Å². The Labute approximate surface area is 176 Å². The van der Waals surface area contributed by atoms with E-state index in [0.29, 0.717) is 12.3 Å². The van der Waals surface area contributed by atoms with Crippen LogP contribution in [0.1, 0.15) is 71.3 Å². The van der Waals surface area contributed by atoms with Gasteiger partial charge in [-0.1, -0.05) is 71.4 Å². The molecular weight excluding hydrogens is 364 g/mol. The third kappa shape index (κ3) is 9.15. The number of amides is 1. The predicted octanol–water partition coefficient (Wildman–Crippen LogP) is 5.47. The summed E-state index contributed by atoms with van der Waals surface area (Å²) in [5.74, 6) is 0.433. The van der Waals surface area contributed by atoms with Crippen molar-refractivity contribution in [1.82, 2.24) is 5.32 Å². The number of rotatable bonds is 14. The summed E-state index contributed by atoms with van der Waals surface area (Å²) in [4.78, 5) is 12.6. The molecule has 0 atom stereocenters. The maximum Gasteiger partial charge on any atom is 0.262 e. The molecule has 0 aliphatic heterocycles. The molecule has 0 aromatic heterocycles. The van der Waals surface area contributed by atoms with Crippen molar-refractivity contribution in [1.29, 1.82) is 5.26 Å². The van der Waals surface area contributed by atoms with Crippen molar-refractivity contribution in [2.45, 2.75) is 65.7 Å². The van der Waals surface area contributed by atoms with E-state index in [1.807, 2.05) is 38.1 Å². The first kappa shape index (κ1) is 24.7. The minimum absolute atomic E-state index is 0.0414. The van der Waals surface area contributed by atoms with E-state index < -0.39 is 0 Å². The summed E-state index contributed by atoms with van der Waals surface area (Å²) < 4.78 is 10.3. The first-order chi connectivity index (χ1) is 14.0. The van der Waals surface area contributed by atoms with Crippen LogP contribution in [0.3, 0.4) is 0 Å². The van der Waals surface area contributed by atoms with Gasteiger partial charge in [0.05, 0.1) is 0 Å². The van der Waals surface area contributed by atoms with Gasteiger partial charge in [0.1, 0.15) is 17.4 Å². The van der Waals surface area contributed by atoms with Crippen LogP contribution in [0.15, 0.2) is 29.8 Å². The lowest BCUT2D eigenvalue weighted by atomic mass is 9.90. The molecule has 5 nitrogen and oxygen atoms in total. The van der Waals surface area contributed by atoms with Gasteiger partial charge in [0.2, 0.25) is 0 Å². The SMILES string of the molecule is CCCCCCCCCNC(=O)C(C#N)=C(c1ccc(OCOC)cc1)C(C)C. The standard InChI is InChI=1S/C24H36N2O3/c1-5-6-7-8-9-10-11-16-26-24(27)22(17-25)23(19(2)3)20-12-14-21(15-13-20)29-18-28-4/h12-15,19H,5-11,16,18H2,1-4H3,(H,26,27). The Hall–Kier alpha value is -2.32. The fourth-order valence-electron chi connectivity index (χ4n) is 3.23. The normalized spacial score (nSPS) is 11.7. The monoisotopic (exact) mass is 400 g/mol. The summed E-state index contributed by atoms with van der Waals surface area (Å²) in [6.07, 6.45) is 8.34. The third-order valence-electron chi connectivity index (χ3n) is 4.76. The molecule has 1 aromatic rings. The molecule has 0 fully saturated rings. The zero-order valence-electron chi connectivity index (χ0n) is 18.4. The molecule has 1 N–H and O–H groups in total. The summed E-state index contributed by atoms with van der Waals surface area (Å²) in [7, 11) is 1.57. The van der Waals surface area contributed by atoms with Gasteiger partial charge < -0.3 is 14.8 Å². The fourth-order valence-corrected chi connectivity index (χ4v) is 3.23. The van der Waals surface area contributed by atoms with Crippen molar-refractivity contribution in [3.8, 4) is 11.8 Å². The van der Waals surface area contributed by atoms with Crippen LogP contribution in [-0.2, 0) is 9.53 Å². The van der Waals surface area contributed by atoms with Crippen LogP contribution >= 0.6 is 0 Å². The lowest BCUT2D eigenvalue weighted by Gasteiger charge is -2.15. The number of benzene rings is 1. The maximum atomic E-state index is 12.6. The number of carbonyl (C=O) groups is 1. The van der Waals surface area contributed by atoms with E-state index in [4.69, 9.17) is 9.47 Å². The van der Waals surface area contributed by atoms with E-state index >= 15 is 0 Å². The molecule has 0 heterocycles. The number of nitriles is 1. The molecule has 0 bridgehead atoms. The molecule has 0 unspecified atom stereocenters. The summed E-state index contributed by atoms with van der Waals surface area (Å²) >= 11 is 0. The first-order valence-corrected chi connectivity index (χ1v) is 10.7. The number of hydrogen-bond acceptors (Lipinski definition) is 4. The lowest BCUT2D eigenvalue weighted by molar-refractivity contribution is -0.117. The van der Waals surface area contributed by atoms with Crippen LogP contribution in [0.25, 0.3) is 5.57 Å². The second-order valence-electron chi connectivity index (χ2n) is 7.51. The van der Waals surface area contributed by atoms with Gasteiger partial charge in [-0.15, -0.1) is 0 Å². The van der Waals surface area contributed by atoms with Gasteiger partial charge in [0, 0.05) is 13.7 Å². The molecule has 1 amide bonds. The largest absolute Gasteiger partial charge is 0.468 e. The number of nitrogens with zero attached hydrogens (tertiary/aromatic N) is 1. The highest BCUT2D eigenvalue weighted by Gasteiger charge is 2.19. The lowest BCUT2D eigenvalue weighted by Crippen LogP contribution is -2.27. The Morgan fingerprint density at radius 1 is 1.07 bits per heavy atom. The highest BCUT2D eigenvalue weighted by molar-refractivity contribution is 6.05. The summed E-state index contributed by atoms with van der Waals surface area (Å²) in [6, 6.07) is 9.52. The quantitative estimate of drug-likeness (QED) is 0.195. The Bertz CT molecular complexity index is 672. The molecule has 0 aliphatic rings. The number of hydrogen-bond donors (Lipinski definition) is 1. The minimum Gasteiger partial charge on any atom is -0.468 e. The maximum absolute atomic E-state index is 12.6. The molecular formula is C24H36N2O3. The van der Waals surface area contributed by atoms with Gasteiger partial charge in [-0.3, -0.25) is 4.79 Å². The van der Waals surface area contributed by atoms with E-state index in [2.05, 4.69) is 18.3 Å². The molecule has 1 rings (SSSR count). The average Bonchev–Trinajstić information content (AvgIpc) is 2.72. The van der Waals surface area contributed by atoms with E-state index in [1.165, 1.54) is 32.1 Å². The number of ether oxygens (including phenoxy) is 2. The molecule has 1 aromatic carbocycles. The van der Waals surface area contributed by atoms with Gasteiger partial charge in [-0.2, -0.15) is 5.26 Å². The van der Waals surface area contributed by atoms with Gasteiger partial charge >= 0.3 is 0 Å². The predicted molar refractivity (Wildman–Crippen MR) is 117 cm³/mol. The zero-order valence-corrected chi connectivity index (χ0v) is 18.4. The van der Waals surface area contributed by atoms with Crippen LogP contribution in [0, 0.1) is 17.2 Å². The Balaban J connectivity index is 2.72. The molecule has 0 spiro atoms. The topological polar surface area (TPSA) is 71.4 Å². The highest BCUT2D eigenvalue weighted by Crippen LogP contribution is 2.28. The molecule has 0 saturated heterocycles. The summed E-state index contributed by atoms with van der Waals surface area (Å²) in [5, 5.41) is 12.6. The number of carbonyl (C=O) groups excluding carboxylic acids is 1. The van der Waals surface area contributed by atoms with Crippen molar-refractivity contribution in [2.75, 3.05) is 20.4 Å². The van der Waals surface area contributed by atoms with Crippen LogP contribution in [0.4, 0.5) is 0 Å². The molecule has 0 aliphatic carbocycles. The first-order valence-electron chi connectivity index (χ1n) is 10.7. The number of unbranched alkanes of at least 4 members (excludes halogenated alkanes) is 6. The Morgan fingerprint density at radius 2 is 1.69 bits per heavy atom.